The average molecular weight is 223 g/mol. The Morgan fingerprint density at radius 2 is 1.88 bits per heavy atom. The number of esters is 1. The second-order valence-corrected chi connectivity index (χ2v) is 3.25. The van der Waals surface area contributed by atoms with Gasteiger partial charge >= 0.3 is 5.97 Å². The normalized spacial score (nSPS) is 11.6. The zero-order chi connectivity index (χ0) is 12.1. The summed E-state index contributed by atoms with van der Waals surface area (Å²) in [5.41, 5.74) is 0.555. The molecule has 5 nitrogen and oxygen atoms in total. The van der Waals surface area contributed by atoms with Gasteiger partial charge in [0, 0.05) is 6.92 Å². The summed E-state index contributed by atoms with van der Waals surface area (Å²) in [4.78, 5) is 22.4. The van der Waals surface area contributed by atoms with Crippen LogP contribution in [-0.2, 0) is 14.3 Å². The van der Waals surface area contributed by atoms with Crippen molar-refractivity contribution in [3.8, 4) is 5.75 Å². The molecule has 0 saturated carbocycles. The van der Waals surface area contributed by atoms with Gasteiger partial charge in [-0.1, -0.05) is 12.1 Å². The number of hydrogen-bond donors (Lipinski definition) is 2. The fourth-order valence-corrected chi connectivity index (χ4v) is 1.27. The van der Waals surface area contributed by atoms with Gasteiger partial charge in [0.05, 0.1) is 7.11 Å². The maximum absolute atomic E-state index is 11.4. The summed E-state index contributed by atoms with van der Waals surface area (Å²) in [5, 5.41) is 11.6. The van der Waals surface area contributed by atoms with Gasteiger partial charge in [-0.3, -0.25) is 4.79 Å². The van der Waals surface area contributed by atoms with Gasteiger partial charge in [-0.2, -0.15) is 0 Å². The Kier molecular flexibility index (Phi) is 3.88. The van der Waals surface area contributed by atoms with Crippen LogP contribution in [0.4, 0.5) is 0 Å². The SMILES string of the molecule is COC(=O)[C@H](NC(C)=O)c1ccc(O)cc1. The number of amides is 1. The topological polar surface area (TPSA) is 75.6 Å². The van der Waals surface area contributed by atoms with E-state index in [1.807, 2.05) is 0 Å². The monoisotopic (exact) mass is 223 g/mol. The summed E-state index contributed by atoms with van der Waals surface area (Å²) in [6, 6.07) is 5.13. The number of nitrogens with one attached hydrogen (secondary N) is 1. The Bertz CT molecular complexity index is 385. The van der Waals surface area contributed by atoms with Crippen molar-refractivity contribution < 1.29 is 19.4 Å². The van der Waals surface area contributed by atoms with E-state index in [2.05, 4.69) is 10.1 Å². The standard InChI is InChI=1S/C11H13NO4/c1-7(13)12-10(11(15)16-2)8-3-5-9(14)6-4-8/h3-6,10,14H,1-2H3,(H,12,13)/t10-/m1/s1. The van der Waals surface area contributed by atoms with Crippen LogP contribution in [0.25, 0.3) is 0 Å². The number of phenolic OH excluding ortho intramolecular Hbond substituents is 1. The van der Waals surface area contributed by atoms with E-state index in [-0.39, 0.29) is 11.7 Å². The van der Waals surface area contributed by atoms with Crippen LogP contribution in [0.15, 0.2) is 24.3 Å². The van der Waals surface area contributed by atoms with Gasteiger partial charge in [0.2, 0.25) is 5.91 Å². The first-order chi connectivity index (χ1) is 7.54. The molecule has 2 N–H and O–H groups in total. The molecule has 1 aromatic rings. The maximum Gasteiger partial charge on any atom is 0.333 e. The molecule has 86 valence electrons. The molecule has 0 aliphatic heterocycles. The Morgan fingerprint density at radius 1 is 1.31 bits per heavy atom. The van der Waals surface area contributed by atoms with Crippen molar-refractivity contribution in [1.82, 2.24) is 5.32 Å². The smallest absolute Gasteiger partial charge is 0.333 e. The Hall–Kier alpha value is -2.04. The minimum atomic E-state index is -0.844. The lowest BCUT2D eigenvalue weighted by Crippen LogP contribution is -2.32. The number of carbonyl (C=O) groups excluding carboxylic acids is 2. The van der Waals surface area contributed by atoms with Gasteiger partial charge in [-0.15, -0.1) is 0 Å². The molecule has 1 amide bonds. The average Bonchev–Trinajstić information content (AvgIpc) is 2.26. The lowest BCUT2D eigenvalue weighted by molar-refractivity contribution is -0.145. The first kappa shape index (κ1) is 12.0. The molecule has 0 unspecified atom stereocenters. The van der Waals surface area contributed by atoms with Gasteiger partial charge in [0.15, 0.2) is 6.04 Å². The molecule has 0 heterocycles. The molecule has 1 atom stereocenters. The van der Waals surface area contributed by atoms with Crippen molar-refractivity contribution in [2.45, 2.75) is 13.0 Å². The van der Waals surface area contributed by atoms with Crippen molar-refractivity contribution >= 4 is 11.9 Å². The van der Waals surface area contributed by atoms with E-state index in [0.717, 1.165) is 0 Å². The summed E-state index contributed by atoms with van der Waals surface area (Å²) >= 11 is 0. The Morgan fingerprint density at radius 3 is 2.31 bits per heavy atom. The number of benzene rings is 1. The predicted octanol–water partition coefficient (Wildman–Crippen LogP) is 0.742. The highest BCUT2D eigenvalue weighted by Crippen LogP contribution is 2.17. The zero-order valence-corrected chi connectivity index (χ0v) is 9.06. The van der Waals surface area contributed by atoms with Crippen LogP contribution in [0.1, 0.15) is 18.5 Å². The summed E-state index contributed by atoms with van der Waals surface area (Å²) in [5.74, 6) is -0.792. The highest BCUT2D eigenvalue weighted by atomic mass is 16.5. The van der Waals surface area contributed by atoms with Crippen molar-refractivity contribution in [2.75, 3.05) is 7.11 Å². The summed E-state index contributed by atoms with van der Waals surface area (Å²) in [6.07, 6.45) is 0. The predicted molar refractivity (Wildman–Crippen MR) is 56.7 cm³/mol. The van der Waals surface area contributed by atoms with Crippen LogP contribution >= 0.6 is 0 Å². The summed E-state index contributed by atoms with van der Waals surface area (Å²) in [7, 11) is 1.25. The molecule has 5 heteroatoms. The Labute approximate surface area is 93.0 Å². The van der Waals surface area contributed by atoms with Crippen LogP contribution in [0.3, 0.4) is 0 Å². The zero-order valence-electron chi connectivity index (χ0n) is 9.06. The molecule has 1 aromatic carbocycles. The fourth-order valence-electron chi connectivity index (χ4n) is 1.27. The van der Waals surface area contributed by atoms with Gasteiger partial charge in [0.1, 0.15) is 5.75 Å². The van der Waals surface area contributed by atoms with E-state index < -0.39 is 12.0 Å². The van der Waals surface area contributed by atoms with Crippen LogP contribution in [-0.4, -0.2) is 24.1 Å². The van der Waals surface area contributed by atoms with Crippen molar-refractivity contribution in [3.63, 3.8) is 0 Å². The van der Waals surface area contributed by atoms with Crippen molar-refractivity contribution in [1.29, 1.82) is 0 Å². The molecule has 0 aromatic heterocycles. The van der Waals surface area contributed by atoms with Crippen molar-refractivity contribution in [2.24, 2.45) is 0 Å². The lowest BCUT2D eigenvalue weighted by Gasteiger charge is -2.15. The maximum atomic E-state index is 11.4. The van der Waals surface area contributed by atoms with Crippen LogP contribution < -0.4 is 5.32 Å². The molecule has 0 aliphatic rings. The number of hydrogen-bond acceptors (Lipinski definition) is 4. The first-order valence-corrected chi connectivity index (χ1v) is 4.68. The highest BCUT2D eigenvalue weighted by Gasteiger charge is 2.21. The van der Waals surface area contributed by atoms with E-state index in [1.165, 1.54) is 26.2 Å². The molecule has 0 bridgehead atoms. The summed E-state index contributed by atoms with van der Waals surface area (Å²) < 4.78 is 4.58. The van der Waals surface area contributed by atoms with E-state index >= 15 is 0 Å². The fraction of sp³-hybridized carbons (Fsp3) is 0.273. The Balaban J connectivity index is 2.96. The van der Waals surface area contributed by atoms with Crippen molar-refractivity contribution in [3.05, 3.63) is 29.8 Å². The van der Waals surface area contributed by atoms with Gasteiger partial charge in [0.25, 0.3) is 0 Å². The second-order valence-electron chi connectivity index (χ2n) is 3.25. The van der Waals surface area contributed by atoms with Crippen LogP contribution in [0, 0.1) is 0 Å². The second kappa shape index (κ2) is 5.16. The number of aromatic hydroxyl groups is 1. The largest absolute Gasteiger partial charge is 0.508 e. The quantitative estimate of drug-likeness (QED) is 0.741. The third-order valence-electron chi connectivity index (χ3n) is 2.01. The van der Waals surface area contributed by atoms with Crippen LogP contribution in [0.5, 0.6) is 5.75 Å². The number of phenols is 1. The molecule has 0 spiro atoms. The highest BCUT2D eigenvalue weighted by molar-refractivity contribution is 5.84. The van der Waals surface area contributed by atoms with E-state index in [0.29, 0.717) is 5.56 Å². The molecule has 1 rings (SSSR count). The van der Waals surface area contributed by atoms with E-state index in [4.69, 9.17) is 5.11 Å². The number of ether oxygens (including phenoxy) is 1. The van der Waals surface area contributed by atoms with Gasteiger partial charge in [-0.05, 0) is 17.7 Å². The third-order valence-corrected chi connectivity index (χ3v) is 2.01. The minimum absolute atomic E-state index is 0.0928. The first-order valence-electron chi connectivity index (χ1n) is 4.68. The summed E-state index contributed by atoms with van der Waals surface area (Å²) in [6.45, 7) is 1.32. The molecular formula is C11H13NO4. The van der Waals surface area contributed by atoms with E-state index in [9.17, 15) is 9.59 Å². The molecule has 16 heavy (non-hydrogen) atoms. The number of rotatable bonds is 3. The molecule has 0 aliphatic carbocycles. The minimum Gasteiger partial charge on any atom is -0.508 e. The van der Waals surface area contributed by atoms with Gasteiger partial charge < -0.3 is 15.2 Å². The molecule has 0 saturated heterocycles. The molecular weight excluding hydrogens is 210 g/mol. The van der Waals surface area contributed by atoms with Gasteiger partial charge in [-0.25, -0.2) is 4.79 Å². The third kappa shape index (κ3) is 2.98. The lowest BCUT2D eigenvalue weighted by atomic mass is 10.1. The van der Waals surface area contributed by atoms with E-state index in [1.54, 1.807) is 12.1 Å². The molecule has 0 fully saturated rings. The number of methoxy groups -OCH3 is 1. The van der Waals surface area contributed by atoms with Crippen LogP contribution in [0.2, 0.25) is 0 Å². The molecule has 0 radical (unpaired) electrons. The number of carbonyl (C=O) groups is 2.